The number of rotatable bonds is 5. The van der Waals surface area contributed by atoms with E-state index < -0.39 is 5.37 Å². The number of nitrogens with zero attached hydrogens (tertiary/aromatic N) is 3. The highest BCUT2D eigenvalue weighted by Crippen LogP contribution is 2.42. The van der Waals surface area contributed by atoms with Crippen LogP contribution in [-0.4, -0.2) is 26.1 Å². The number of pyridine rings is 2. The monoisotopic (exact) mass is 436 g/mol. The molecule has 1 aliphatic heterocycles. The number of nitrogens with two attached hydrogens (primary N) is 1. The molecule has 7 heteroatoms. The molecule has 0 saturated heterocycles. The highest BCUT2D eigenvalue weighted by atomic mass is 35.5. The van der Waals surface area contributed by atoms with Crippen LogP contribution in [0.5, 0.6) is 0 Å². The third-order valence-corrected chi connectivity index (χ3v) is 6.51. The van der Waals surface area contributed by atoms with E-state index in [9.17, 15) is 4.79 Å². The molecule has 1 atom stereocenters. The number of carbonyl (C=O) groups excluding carboxylic acids is 1. The lowest BCUT2D eigenvalue weighted by atomic mass is 10.1. The first-order valence-electron chi connectivity index (χ1n) is 9.49. The highest BCUT2D eigenvalue weighted by Gasteiger charge is 2.31. The molecular weight excluding hydrogens is 416 g/mol. The number of amides is 1. The molecule has 152 valence electrons. The van der Waals surface area contributed by atoms with Crippen molar-refractivity contribution in [1.82, 2.24) is 14.9 Å². The fraction of sp³-hybridized carbons (Fsp3) is 0.174. The first-order valence-corrected chi connectivity index (χ1v) is 10.7. The number of halogens is 1. The van der Waals surface area contributed by atoms with Crippen LogP contribution in [-0.2, 0) is 11.3 Å². The van der Waals surface area contributed by atoms with Crippen molar-refractivity contribution in [2.24, 2.45) is 5.73 Å². The normalized spacial score (nSPS) is 15.9. The maximum absolute atomic E-state index is 12.1. The van der Waals surface area contributed by atoms with Crippen LogP contribution < -0.4 is 5.73 Å². The van der Waals surface area contributed by atoms with Crippen LogP contribution in [0.2, 0.25) is 5.02 Å². The van der Waals surface area contributed by atoms with Gasteiger partial charge in [-0.1, -0.05) is 47.6 Å². The number of thioether (sulfide) groups is 1. The molecule has 5 nitrogen and oxygen atoms in total. The van der Waals surface area contributed by atoms with Gasteiger partial charge in [0.25, 0.3) is 5.91 Å². The van der Waals surface area contributed by atoms with Crippen LogP contribution in [0.4, 0.5) is 0 Å². The lowest BCUT2D eigenvalue weighted by molar-refractivity contribution is -0.119. The Bertz CT molecular complexity index is 1150. The van der Waals surface area contributed by atoms with Crippen LogP contribution in [0.3, 0.4) is 0 Å². The summed E-state index contributed by atoms with van der Waals surface area (Å²) < 4.78 is 0. The van der Waals surface area contributed by atoms with E-state index >= 15 is 0 Å². The average Bonchev–Trinajstić information content (AvgIpc) is 3.12. The molecule has 2 N–H and O–H groups in total. The van der Waals surface area contributed by atoms with Crippen LogP contribution in [0, 0.1) is 13.8 Å². The zero-order chi connectivity index (χ0) is 21.3. The summed E-state index contributed by atoms with van der Waals surface area (Å²) in [6.45, 7) is 4.53. The third kappa shape index (κ3) is 4.20. The molecular formula is C23H21ClN4OS. The molecule has 30 heavy (non-hydrogen) atoms. The standard InChI is InChI=1S/C23H21ClN4OS/c1-14-9-16(11-27-21(14)17-7-8-26-15(2)10-17)12-28-13-20(30-23(28)22(25)29)18-5-3-4-6-19(18)24/h3-11,13,23H,12H2,1-2H3,(H2,25,29). The Labute approximate surface area is 185 Å². The molecule has 0 radical (unpaired) electrons. The zero-order valence-electron chi connectivity index (χ0n) is 16.7. The van der Waals surface area contributed by atoms with Crippen molar-refractivity contribution < 1.29 is 4.79 Å². The Morgan fingerprint density at radius 1 is 1.20 bits per heavy atom. The van der Waals surface area contributed by atoms with E-state index in [1.807, 2.05) is 67.5 Å². The van der Waals surface area contributed by atoms with Gasteiger partial charge in [0, 0.05) is 51.9 Å². The number of carbonyl (C=O) groups is 1. The largest absolute Gasteiger partial charge is 0.367 e. The van der Waals surface area contributed by atoms with Crippen molar-refractivity contribution in [3.05, 3.63) is 88.5 Å². The summed E-state index contributed by atoms with van der Waals surface area (Å²) in [4.78, 5) is 23.9. The molecule has 3 heterocycles. The van der Waals surface area contributed by atoms with Gasteiger partial charge in [-0.3, -0.25) is 14.8 Å². The Hall–Kier alpha value is -2.83. The summed E-state index contributed by atoms with van der Waals surface area (Å²) in [5.74, 6) is -0.383. The number of hydrogen-bond donors (Lipinski definition) is 1. The van der Waals surface area contributed by atoms with Gasteiger partial charge in [-0.25, -0.2) is 0 Å². The first kappa shape index (κ1) is 20.4. The zero-order valence-corrected chi connectivity index (χ0v) is 18.2. The Balaban J connectivity index is 1.61. The molecule has 1 unspecified atom stereocenters. The van der Waals surface area contributed by atoms with E-state index in [1.165, 1.54) is 11.8 Å². The summed E-state index contributed by atoms with van der Waals surface area (Å²) in [5.41, 5.74) is 11.6. The minimum atomic E-state index is -0.487. The van der Waals surface area contributed by atoms with Crippen molar-refractivity contribution in [2.45, 2.75) is 25.8 Å². The van der Waals surface area contributed by atoms with Gasteiger partial charge in [-0.2, -0.15) is 0 Å². The summed E-state index contributed by atoms with van der Waals surface area (Å²) in [6.07, 6.45) is 5.60. The van der Waals surface area contributed by atoms with Gasteiger partial charge < -0.3 is 10.6 Å². The van der Waals surface area contributed by atoms with Crippen LogP contribution in [0.25, 0.3) is 16.2 Å². The predicted molar refractivity (Wildman–Crippen MR) is 122 cm³/mol. The van der Waals surface area contributed by atoms with Gasteiger partial charge in [0.15, 0.2) is 5.37 Å². The number of hydrogen-bond acceptors (Lipinski definition) is 5. The number of aryl methyl sites for hydroxylation is 2. The van der Waals surface area contributed by atoms with Crippen molar-refractivity contribution >= 4 is 34.2 Å². The van der Waals surface area contributed by atoms with E-state index in [2.05, 4.69) is 16.0 Å². The number of benzene rings is 1. The number of primary amides is 1. The smallest absolute Gasteiger partial charge is 0.251 e. The summed E-state index contributed by atoms with van der Waals surface area (Å²) in [7, 11) is 0. The topological polar surface area (TPSA) is 72.1 Å². The Kier molecular flexibility index (Phi) is 5.79. The second kappa shape index (κ2) is 8.50. The Morgan fingerprint density at radius 3 is 2.70 bits per heavy atom. The van der Waals surface area contributed by atoms with Gasteiger partial charge in [0.1, 0.15) is 0 Å². The molecule has 4 rings (SSSR count). The van der Waals surface area contributed by atoms with Crippen molar-refractivity contribution in [3.63, 3.8) is 0 Å². The molecule has 0 saturated carbocycles. The molecule has 1 amide bonds. The summed E-state index contributed by atoms with van der Waals surface area (Å²) in [6, 6.07) is 13.7. The molecule has 0 fully saturated rings. The fourth-order valence-electron chi connectivity index (χ4n) is 3.51. The minimum Gasteiger partial charge on any atom is -0.367 e. The van der Waals surface area contributed by atoms with Crippen molar-refractivity contribution in [3.8, 4) is 11.3 Å². The van der Waals surface area contributed by atoms with Gasteiger partial charge in [-0.15, -0.1) is 0 Å². The first-order chi connectivity index (χ1) is 14.4. The second-order valence-corrected chi connectivity index (χ2v) is 8.74. The van der Waals surface area contributed by atoms with Crippen LogP contribution in [0.1, 0.15) is 22.4 Å². The molecule has 3 aromatic rings. The van der Waals surface area contributed by atoms with Gasteiger partial charge in [0.2, 0.25) is 0 Å². The van der Waals surface area contributed by atoms with E-state index in [1.54, 1.807) is 6.20 Å². The lowest BCUT2D eigenvalue weighted by Crippen LogP contribution is -2.36. The Morgan fingerprint density at radius 2 is 2.00 bits per heavy atom. The quantitative estimate of drug-likeness (QED) is 0.623. The molecule has 2 aromatic heterocycles. The van der Waals surface area contributed by atoms with E-state index in [4.69, 9.17) is 17.3 Å². The molecule has 0 spiro atoms. The fourth-order valence-corrected chi connectivity index (χ4v) is 4.93. The lowest BCUT2D eigenvalue weighted by Gasteiger charge is -2.22. The number of aromatic nitrogens is 2. The van der Waals surface area contributed by atoms with E-state index in [-0.39, 0.29) is 5.91 Å². The van der Waals surface area contributed by atoms with Crippen LogP contribution in [0.15, 0.2) is 61.1 Å². The predicted octanol–water partition coefficient (Wildman–Crippen LogP) is 4.77. The maximum atomic E-state index is 12.1. The maximum Gasteiger partial charge on any atom is 0.251 e. The van der Waals surface area contributed by atoms with Crippen molar-refractivity contribution in [1.29, 1.82) is 0 Å². The van der Waals surface area contributed by atoms with Crippen molar-refractivity contribution in [2.75, 3.05) is 0 Å². The molecule has 0 bridgehead atoms. The van der Waals surface area contributed by atoms with E-state index in [0.29, 0.717) is 11.6 Å². The molecule has 0 aliphatic carbocycles. The molecule has 1 aromatic carbocycles. The average molecular weight is 437 g/mol. The van der Waals surface area contributed by atoms with E-state index in [0.717, 1.165) is 38.5 Å². The third-order valence-electron chi connectivity index (χ3n) is 4.88. The SMILES string of the molecule is Cc1cc(-c2ncc(CN3C=C(c4ccccc4Cl)SC3C(N)=O)cc2C)ccn1. The molecule has 1 aliphatic rings. The van der Waals surface area contributed by atoms with Gasteiger partial charge >= 0.3 is 0 Å². The van der Waals surface area contributed by atoms with Gasteiger partial charge in [-0.05, 0) is 43.2 Å². The minimum absolute atomic E-state index is 0.383. The van der Waals surface area contributed by atoms with Crippen LogP contribution >= 0.6 is 23.4 Å². The summed E-state index contributed by atoms with van der Waals surface area (Å²) >= 11 is 7.76. The highest BCUT2D eigenvalue weighted by molar-refractivity contribution is 8.09. The van der Waals surface area contributed by atoms with Gasteiger partial charge in [0.05, 0.1) is 5.69 Å². The summed E-state index contributed by atoms with van der Waals surface area (Å²) in [5, 5.41) is 0.162. The second-order valence-electron chi connectivity index (χ2n) is 7.21.